The molecule has 1 aliphatic carbocycles. The molecule has 1 aliphatic rings. The molecule has 1 fully saturated rings. The second kappa shape index (κ2) is 6.62. The van der Waals surface area contributed by atoms with Crippen molar-refractivity contribution in [3.8, 4) is 0 Å². The fraction of sp³-hybridized carbons (Fsp3) is 0.500. The van der Waals surface area contributed by atoms with Gasteiger partial charge in [-0.2, -0.15) is 4.98 Å². The van der Waals surface area contributed by atoms with Gasteiger partial charge in [0.1, 0.15) is 0 Å². The molecule has 0 amide bonds. The highest BCUT2D eigenvalue weighted by Crippen LogP contribution is 2.38. The van der Waals surface area contributed by atoms with Crippen molar-refractivity contribution < 1.29 is 4.52 Å². The summed E-state index contributed by atoms with van der Waals surface area (Å²) in [6.45, 7) is 5.23. The molecule has 1 aromatic heterocycles. The summed E-state index contributed by atoms with van der Waals surface area (Å²) in [6, 6.07) is 9.15. The standard InChI is InChI=1S/C16H21N3OS/c1-11(2)17-9-12-3-7-14(8-4-12)21-10-15-18-16(19-20-15)13-5-6-13/h3-4,7-8,11,13,17H,5-6,9-10H2,1-2H3. The third kappa shape index (κ3) is 4.32. The lowest BCUT2D eigenvalue weighted by Crippen LogP contribution is -2.21. The molecule has 0 unspecified atom stereocenters. The van der Waals surface area contributed by atoms with Gasteiger partial charge in [-0.05, 0) is 30.5 Å². The molecule has 5 heteroatoms. The van der Waals surface area contributed by atoms with Gasteiger partial charge >= 0.3 is 0 Å². The van der Waals surface area contributed by atoms with Crippen LogP contribution in [0.1, 0.15) is 49.9 Å². The Labute approximate surface area is 129 Å². The first-order chi connectivity index (χ1) is 10.2. The lowest BCUT2D eigenvalue weighted by atomic mass is 10.2. The van der Waals surface area contributed by atoms with Crippen molar-refractivity contribution in [2.75, 3.05) is 0 Å². The van der Waals surface area contributed by atoms with E-state index in [0.717, 1.165) is 24.0 Å². The van der Waals surface area contributed by atoms with Gasteiger partial charge in [-0.25, -0.2) is 0 Å². The van der Waals surface area contributed by atoms with Crippen molar-refractivity contribution in [3.63, 3.8) is 0 Å². The summed E-state index contributed by atoms with van der Waals surface area (Å²) < 4.78 is 5.28. The Bertz CT molecular complexity index is 575. The number of nitrogens with zero attached hydrogens (tertiary/aromatic N) is 2. The lowest BCUT2D eigenvalue weighted by molar-refractivity contribution is 0.385. The second-order valence-corrected chi connectivity index (χ2v) is 6.84. The smallest absolute Gasteiger partial charge is 0.237 e. The van der Waals surface area contributed by atoms with Gasteiger partial charge in [0.25, 0.3) is 0 Å². The van der Waals surface area contributed by atoms with Crippen LogP contribution in [0.3, 0.4) is 0 Å². The van der Waals surface area contributed by atoms with Crippen molar-refractivity contribution in [2.45, 2.75) is 55.8 Å². The van der Waals surface area contributed by atoms with Crippen LogP contribution in [0.15, 0.2) is 33.7 Å². The predicted molar refractivity (Wildman–Crippen MR) is 84.3 cm³/mol. The van der Waals surface area contributed by atoms with Crippen molar-refractivity contribution in [3.05, 3.63) is 41.5 Å². The third-order valence-corrected chi connectivity index (χ3v) is 4.42. The summed E-state index contributed by atoms with van der Waals surface area (Å²) in [5.74, 6) is 2.91. The van der Waals surface area contributed by atoms with E-state index in [-0.39, 0.29) is 0 Å². The van der Waals surface area contributed by atoms with E-state index in [1.807, 2.05) is 0 Å². The Morgan fingerprint density at radius 3 is 2.71 bits per heavy atom. The molecule has 21 heavy (non-hydrogen) atoms. The van der Waals surface area contributed by atoms with Gasteiger partial charge in [0.05, 0.1) is 5.75 Å². The Morgan fingerprint density at radius 1 is 1.29 bits per heavy atom. The summed E-state index contributed by atoms with van der Waals surface area (Å²) in [4.78, 5) is 5.68. The van der Waals surface area contributed by atoms with E-state index in [0.29, 0.717) is 12.0 Å². The fourth-order valence-electron chi connectivity index (χ4n) is 2.00. The van der Waals surface area contributed by atoms with E-state index >= 15 is 0 Å². The van der Waals surface area contributed by atoms with Crippen LogP contribution in [0.4, 0.5) is 0 Å². The molecule has 0 aliphatic heterocycles. The van der Waals surface area contributed by atoms with Crippen LogP contribution in [-0.4, -0.2) is 16.2 Å². The zero-order valence-corrected chi connectivity index (χ0v) is 13.3. The fourth-order valence-corrected chi connectivity index (χ4v) is 2.74. The number of hydrogen-bond donors (Lipinski definition) is 1. The highest BCUT2D eigenvalue weighted by molar-refractivity contribution is 7.98. The topological polar surface area (TPSA) is 51.0 Å². The van der Waals surface area contributed by atoms with Crippen LogP contribution in [-0.2, 0) is 12.3 Å². The van der Waals surface area contributed by atoms with Gasteiger partial charge in [0.2, 0.25) is 5.89 Å². The van der Waals surface area contributed by atoms with Gasteiger partial charge in [-0.1, -0.05) is 31.1 Å². The van der Waals surface area contributed by atoms with Crippen LogP contribution in [0.5, 0.6) is 0 Å². The van der Waals surface area contributed by atoms with Crippen LogP contribution in [0.2, 0.25) is 0 Å². The zero-order valence-electron chi connectivity index (χ0n) is 12.5. The molecule has 1 saturated carbocycles. The molecule has 4 nitrogen and oxygen atoms in total. The predicted octanol–water partition coefficient (Wildman–Crippen LogP) is 3.74. The number of aromatic nitrogens is 2. The first-order valence-corrected chi connectivity index (χ1v) is 8.47. The molecule has 0 atom stereocenters. The van der Waals surface area contributed by atoms with Gasteiger partial charge in [-0.3, -0.25) is 0 Å². The number of thioether (sulfide) groups is 1. The first-order valence-electron chi connectivity index (χ1n) is 7.48. The highest BCUT2D eigenvalue weighted by atomic mass is 32.2. The minimum atomic E-state index is 0.511. The minimum absolute atomic E-state index is 0.511. The SMILES string of the molecule is CC(C)NCc1ccc(SCc2nc(C3CC3)no2)cc1. The van der Waals surface area contributed by atoms with Crippen molar-refractivity contribution >= 4 is 11.8 Å². The van der Waals surface area contributed by atoms with Crippen molar-refractivity contribution in [2.24, 2.45) is 0 Å². The van der Waals surface area contributed by atoms with Gasteiger partial charge in [-0.15, -0.1) is 11.8 Å². The molecule has 2 aromatic rings. The Hall–Kier alpha value is -1.33. The molecular weight excluding hydrogens is 282 g/mol. The van der Waals surface area contributed by atoms with Crippen LogP contribution < -0.4 is 5.32 Å². The van der Waals surface area contributed by atoms with Crippen molar-refractivity contribution in [1.82, 2.24) is 15.5 Å². The molecule has 0 radical (unpaired) electrons. The Kier molecular flexibility index (Phi) is 4.60. The molecule has 1 heterocycles. The van der Waals surface area contributed by atoms with E-state index < -0.39 is 0 Å². The first kappa shape index (κ1) is 14.6. The molecule has 0 saturated heterocycles. The van der Waals surface area contributed by atoms with Gasteiger partial charge < -0.3 is 9.84 Å². The van der Waals surface area contributed by atoms with Crippen LogP contribution >= 0.6 is 11.8 Å². The lowest BCUT2D eigenvalue weighted by Gasteiger charge is -2.08. The van der Waals surface area contributed by atoms with Gasteiger partial charge in [0, 0.05) is 23.4 Å². The largest absolute Gasteiger partial charge is 0.338 e. The molecule has 112 valence electrons. The van der Waals surface area contributed by atoms with E-state index in [2.05, 4.69) is 53.6 Å². The van der Waals surface area contributed by atoms with Crippen LogP contribution in [0.25, 0.3) is 0 Å². The average molecular weight is 303 g/mol. The second-order valence-electron chi connectivity index (χ2n) is 5.79. The Morgan fingerprint density at radius 2 is 2.05 bits per heavy atom. The number of rotatable bonds is 7. The summed E-state index contributed by atoms with van der Waals surface area (Å²) >= 11 is 1.74. The van der Waals surface area contributed by atoms with Gasteiger partial charge in [0.15, 0.2) is 5.82 Å². The average Bonchev–Trinajstić information content (AvgIpc) is 3.23. The molecule has 1 N–H and O–H groups in total. The van der Waals surface area contributed by atoms with E-state index in [1.165, 1.54) is 23.3 Å². The molecule has 0 bridgehead atoms. The normalized spacial score (nSPS) is 14.8. The molecular formula is C16H21N3OS. The summed E-state index contributed by atoms with van der Waals surface area (Å²) in [5.41, 5.74) is 1.31. The van der Waals surface area contributed by atoms with E-state index in [9.17, 15) is 0 Å². The maximum atomic E-state index is 5.28. The maximum Gasteiger partial charge on any atom is 0.237 e. The Balaban J connectivity index is 1.50. The quantitative estimate of drug-likeness (QED) is 0.790. The summed E-state index contributed by atoms with van der Waals surface area (Å²) in [6.07, 6.45) is 2.41. The highest BCUT2D eigenvalue weighted by Gasteiger charge is 2.28. The molecule has 1 aromatic carbocycles. The minimum Gasteiger partial charge on any atom is -0.338 e. The number of nitrogens with one attached hydrogen (secondary N) is 1. The third-order valence-electron chi connectivity index (χ3n) is 3.43. The summed E-state index contributed by atoms with van der Waals surface area (Å²) in [5, 5.41) is 7.46. The van der Waals surface area contributed by atoms with E-state index in [4.69, 9.17) is 4.52 Å². The molecule has 0 spiro atoms. The number of hydrogen-bond acceptors (Lipinski definition) is 5. The summed E-state index contributed by atoms with van der Waals surface area (Å²) in [7, 11) is 0. The number of benzene rings is 1. The van der Waals surface area contributed by atoms with E-state index in [1.54, 1.807) is 11.8 Å². The monoisotopic (exact) mass is 303 g/mol. The zero-order chi connectivity index (χ0) is 14.7. The molecule has 3 rings (SSSR count). The van der Waals surface area contributed by atoms with Crippen molar-refractivity contribution in [1.29, 1.82) is 0 Å². The maximum absolute atomic E-state index is 5.28. The van der Waals surface area contributed by atoms with Crippen LogP contribution in [0, 0.1) is 0 Å².